The summed E-state index contributed by atoms with van der Waals surface area (Å²) in [4.78, 5) is 25.9. The van der Waals surface area contributed by atoms with Crippen molar-refractivity contribution in [2.24, 2.45) is 11.8 Å². The summed E-state index contributed by atoms with van der Waals surface area (Å²) >= 11 is 0. The van der Waals surface area contributed by atoms with Crippen molar-refractivity contribution in [1.82, 2.24) is 0 Å². The fourth-order valence-electron chi connectivity index (χ4n) is 2.96. The van der Waals surface area contributed by atoms with Crippen molar-refractivity contribution >= 4 is 20.1 Å². The maximum Gasteiger partial charge on any atom is 0.317 e. The molecule has 1 aliphatic rings. The number of esters is 1. The highest BCUT2D eigenvalue weighted by Gasteiger charge is 2.43. The van der Waals surface area contributed by atoms with E-state index in [0.29, 0.717) is 6.42 Å². The van der Waals surface area contributed by atoms with Gasteiger partial charge in [-0.15, -0.1) is 0 Å². The predicted octanol–water partition coefficient (Wildman–Crippen LogP) is 5.67. The molecule has 0 fully saturated rings. The van der Waals surface area contributed by atoms with Crippen molar-refractivity contribution in [1.29, 1.82) is 0 Å². The fraction of sp³-hybridized carbons (Fsp3) is 0.818. The van der Waals surface area contributed by atoms with E-state index in [-0.39, 0.29) is 22.8 Å². The Hall–Kier alpha value is -0.943. The van der Waals surface area contributed by atoms with Crippen molar-refractivity contribution in [2.45, 2.75) is 104 Å². The van der Waals surface area contributed by atoms with Crippen molar-refractivity contribution in [2.75, 3.05) is 0 Å². The third-order valence-electron chi connectivity index (χ3n) is 5.82. The third kappa shape index (κ3) is 6.86. The maximum absolute atomic E-state index is 13.2. The average Bonchev–Trinajstić information content (AvgIpc) is 2.51. The standard InChI is InChI=1S/C22H40O4Si/c1-15-11-13-17(20(24)25-21(3,4)5)19(23)16(2)18(14-12-15)26-27(9,10)22(6,7)8/h11,16-18H,12-14H2,1-10H3/b15-11-/t16-,17+,18+/m1/s1. The van der Waals surface area contributed by atoms with Crippen LogP contribution in [0.5, 0.6) is 0 Å². The van der Waals surface area contributed by atoms with Gasteiger partial charge in [0.2, 0.25) is 0 Å². The van der Waals surface area contributed by atoms with Gasteiger partial charge in [0.1, 0.15) is 11.5 Å². The van der Waals surface area contributed by atoms with Crippen LogP contribution in [0.25, 0.3) is 0 Å². The molecule has 0 unspecified atom stereocenters. The van der Waals surface area contributed by atoms with Gasteiger partial charge >= 0.3 is 5.97 Å². The zero-order chi connectivity index (χ0) is 21.2. The summed E-state index contributed by atoms with van der Waals surface area (Å²) in [5.41, 5.74) is 0.601. The van der Waals surface area contributed by atoms with Crippen LogP contribution in [0.2, 0.25) is 18.1 Å². The number of ketones is 1. The fourth-order valence-corrected chi connectivity index (χ4v) is 4.39. The molecule has 0 saturated carbocycles. The minimum atomic E-state index is -2.02. The highest BCUT2D eigenvalue weighted by molar-refractivity contribution is 6.74. The molecule has 0 aromatic heterocycles. The second-order valence-electron chi connectivity index (χ2n) is 10.5. The first kappa shape index (κ1) is 24.1. The van der Waals surface area contributed by atoms with Crippen molar-refractivity contribution in [3.63, 3.8) is 0 Å². The lowest BCUT2D eigenvalue weighted by molar-refractivity contribution is -0.163. The van der Waals surface area contributed by atoms with E-state index in [1.807, 2.05) is 33.8 Å². The minimum Gasteiger partial charge on any atom is -0.459 e. The van der Waals surface area contributed by atoms with Crippen molar-refractivity contribution in [3.8, 4) is 0 Å². The van der Waals surface area contributed by atoms with E-state index in [4.69, 9.17) is 9.16 Å². The van der Waals surface area contributed by atoms with Gasteiger partial charge in [0.25, 0.3) is 0 Å². The van der Waals surface area contributed by atoms with Gasteiger partial charge in [0, 0.05) is 5.92 Å². The number of rotatable bonds is 3. The maximum atomic E-state index is 13.2. The largest absolute Gasteiger partial charge is 0.459 e. The second-order valence-corrected chi connectivity index (χ2v) is 15.3. The topological polar surface area (TPSA) is 52.6 Å². The Morgan fingerprint density at radius 1 is 1.15 bits per heavy atom. The Balaban J connectivity index is 3.14. The van der Waals surface area contributed by atoms with Gasteiger partial charge in [0.05, 0.1) is 6.10 Å². The molecule has 0 amide bonds. The van der Waals surface area contributed by atoms with Crippen LogP contribution in [0.15, 0.2) is 11.6 Å². The Morgan fingerprint density at radius 2 is 1.70 bits per heavy atom. The molecule has 4 nitrogen and oxygen atoms in total. The van der Waals surface area contributed by atoms with Gasteiger partial charge in [-0.2, -0.15) is 0 Å². The number of carbonyl (C=O) groups is 2. The summed E-state index contributed by atoms with van der Waals surface area (Å²) in [5.74, 6) is -1.55. The molecule has 0 radical (unpaired) electrons. The molecule has 0 bridgehead atoms. The Bertz CT molecular complexity index is 578. The molecule has 1 rings (SSSR count). The van der Waals surface area contributed by atoms with Crippen LogP contribution in [0.1, 0.15) is 74.7 Å². The molecule has 0 heterocycles. The molecule has 0 N–H and O–H groups in total. The lowest BCUT2D eigenvalue weighted by atomic mass is 9.87. The smallest absolute Gasteiger partial charge is 0.317 e. The molecule has 5 heteroatoms. The Morgan fingerprint density at radius 3 is 2.19 bits per heavy atom. The summed E-state index contributed by atoms with van der Waals surface area (Å²) in [6, 6.07) is 0. The summed E-state index contributed by atoms with van der Waals surface area (Å²) in [7, 11) is -2.02. The number of hydrogen-bond donors (Lipinski definition) is 0. The number of ether oxygens (including phenoxy) is 1. The van der Waals surface area contributed by atoms with Crippen molar-refractivity contribution < 1.29 is 18.8 Å². The number of Topliss-reactive ketones (excluding diaryl/α,β-unsaturated/α-hetero) is 1. The first-order valence-corrected chi connectivity index (χ1v) is 13.1. The molecule has 0 aliphatic heterocycles. The molecule has 27 heavy (non-hydrogen) atoms. The van der Waals surface area contributed by atoms with Crippen LogP contribution in [-0.2, 0) is 18.8 Å². The van der Waals surface area contributed by atoms with Gasteiger partial charge in [0.15, 0.2) is 14.1 Å². The van der Waals surface area contributed by atoms with Gasteiger partial charge in [-0.05, 0) is 65.1 Å². The molecule has 0 saturated heterocycles. The lowest BCUT2D eigenvalue weighted by Crippen LogP contribution is -2.47. The summed E-state index contributed by atoms with van der Waals surface area (Å²) in [5, 5.41) is 0.0731. The van der Waals surface area contributed by atoms with Crippen LogP contribution in [0.4, 0.5) is 0 Å². The molecule has 1 aliphatic carbocycles. The first-order chi connectivity index (χ1) is 12.0. The number of allylic oxidation sites excluding steroid dienone is 2. The Labute approximate surface area is 167 Å². The molecule has 0 aromatic carbocycles. The van der Waals surface area contributed by atoms with Crippen LogP contribution in [-0.4, -0.2) is 31.8 Å². The van der Waals surface area contributed by atoms with Crippen LogP contribution < -0.4 is 0 Å². The predicted molar refractivity (Wildman–Crippen MR) is 113 cm³/mol. The molecular weight excluding hydrogens is 356 g/mol. The van der Waals surface area contributed by atoms with Gasteiger partial charge in [-0.1, -0.05) is 39.3 Å². The average molecular weight is 397 g/mol. The zero-order valence-electron chi connectivity index (χ0n) is 19.1. The van der Waals surface area contributed by atoms with E-state index in [9.17, 15) is 9.59 Å². The van der Waals surface area contributed by atoms with Gasteiger partial charge < -0.3 is 9.16 Å². The van der Waals surface area contributed by atoms with Gasteiger partial charge in [-0.3, -0.25) is 9.59 Å². The van der Waals surface area contributed by atoms with Crippen LogP contribution in [0, 0.1) is 11.8 Å². The first-order valence-electron chi connectivity index (χ1n) is 10.2. The Kier molecular flexibility index (Phi) is 7.68. The quantitative estimate of drug-likeness (QED) is 0.267. The van der Waals surface area contributed by atoms with Crippen LogP contribution in [0.3, 0.4) is 0 Å². The van der Waals surface area contributed by atoms with Crippen LogP contribution >= 0.6 is 0 Å². The number of carbonyl (C=O) groups excluding carboxylic acids is 2. The lowest BCUT2D eigenvalue weighted by Gasteiger charge is -2.41. The van der Waals surface area contributed by atoms with E-state index >= 15 is 0 Å². The summed E-state index contributed by atoms with van der Waals surface area (Å²) in [6.07, 6.45) is 3.97. The van der Waals surface area contributed by atoms with E-state index in [1.165, 1.54) is 5.57 Å². The molecular formula is C22H40O4Si. The van der Waals surface area contributed by atoms with Gasteiger partial charge in [-0.25, -0.2) is 0 Å². The monoisotopic (exact) mass is 396 g/mol. The van der Waals surface area contributed by atoms with E-state index in [2.05, 4.69) is 40.8 Å². The molecule has 0 aromatic rings. The summed E-state index contributed by atoms with van der Waals surface area (Å²) < 4.78 is 12.2. The highest BCUT2D eigenvalue weighted by Crippen LogP contribution is 2.39. The van der Waals surface area contributed by atoms with E-state index in [0.717, 1.165) is 12.8 Å². The minimum absolute atomic E-state index is 0.0566. The molecule has 0 spiro atoms. The van der Waals surface area contributed by atoms with E-state index < -0.39 is 25.8 Å². The second kappa shape index (κ2) is 8.60. The van der Waals surface area contributed by atoms with E-state index in [1.54, 1.807) is 0 Å². The summed E-state index contributed by atoms with van der Waals surface area (Å²) in [6.45, 7) is 20.5. The third-order valence-corrected chi connectivity index (χ3v) is 10.3. The van der Waals surface area contributed by atoms with Crippen molar-refractivity contribution in [3.05, 3.63) is 11.6 Å². The molecule has 3 atom stereocenters. The molecule has 156 valence electrons. The normalized spacial score (nSPS) is 27.9. The number of hydrogen-bond acceptors (Lipinski definition) is 4. The SMILES string of the molecule is C/C1=C/C[C@H](C(=O)OC(C)(C)C)C(=O)[C@H](C)[C@@H](O[Si](C)(C)C(C)(C)C)CC1. The zero-order valence-corrected chi connectivity index (χ0v) is 20.1. The highest BCUT2D eigenvalue weighted by atomic mass is 28.4.